The van der Waals surface area contributed by atoms with E-state index >= 15 is 4.39 Å². The van der Waals surface area contributed by atoms with Gasteiger partial charge in [0.2, 0.25) is 0 Å². The Balaban J connectivity index is 1.55. The molecule has 6 rings (SSSR count). The molecule has 3 aromatic heterocycles. The molecule has 0 bridgehead atoms. The van der Waals surface area contributed by atoms with Crippen LogP contribution in [0.2, 0.25) is 0 Å². The van der Waals surface area contributed by atoms with Gasteiger partial charge in [0.1, 0.15) is 16.5 Å². The van der Waals surface area contributed by atoms with Crippen LogP contribution in [-0.4, -0.2) is 42.9 Å². The second kappa shape index (κ2) is 11.4. The number of benzene rings is 2. The van der Waals surface area contributed by atoms with E-state index in [4.69, 9.17) is 19.6 Å². The van der Waals surface area contributed by atoms with Crippen molar-refractivity contribution in [3.63, 3.8) is 0 Å². The predicted octanol–water partition coefficient (Wildman–Crippen LogP) is 7.27. The third kappa shape index (κ3) is 5.69. The quantitative estimate of drug-likeness (QED) is 0.205. The molecule has 1 N–H and O–H groups in total. The number of aryl methyl sites for hydroxylation is 1. The van der Waals surface area contributed by atoms with E-state index in [1.165, 1.54) is 29.5 Å². The Kier molecular flexibility index (Phi) is 7.71. The van der Waals surface area contributed by atoms with E-state index in [-0.39, 0.29) is 11.6 Å². The van der Waals surface area contributed by atoms with Gasteiger partial charge in [0.25, 0.3) is 0 Å². The highest BCUT2D eigenvalue weighted by Crippen LogP contribution is 2.42. The summed E-state index contributed by atoms with van der Waals surface area (Å²) >= 11 is 1.45. The van der Waals surface area contributed by atoms with Crippen LogP contribution in [0.1, 0.15) is 66.1 Å². The molecule has 0 saturated carbocycles. The van der Waals surface area contributed by atoms with Gasteiger partial charge in [0, 0.05) is 45.9 Å². The summed E-state index contributed by atoms with van der Waals surface area (Å²) in [4.78, 5) is 23.0. The average Bonchev–Trinajstić information content (AvgIpc) is 3.61. The molecule has 1 aliphatic heterocycles. The number of aliphatic carboxylic acids is 1. The molecule has 1 atom stereocenters. The van der Waals surface area contributed by atoms with Gasteiger partial charge in [-0.05, 0) is 76.8 Å². The van der Waals surface area contributed by atoms with Gasteiger partial charge in [-0.1, -0.05) is 12.1 Å². The fraction of sp³-hybridized carbons (Fsp3) is 0.333. The normalized spacial score (nSPS) is 14.0. The van der Waals surface area contributed by atoms with Crippen LogP contribution in [0.4, 0.5) is 8.78 Å². The number of ether oxygens (including phenoxy) is 2. The lowest BCUT2D eigenvalue weighted by atomic mass is 9.91. The summed E-state index contributed by atoms with van der Waals surface area (Å²) < 4.78 is 42.3. The van der Waals surface area contributed by atoms with E-state index in [9.17, 15) is 14.3 Å². The molecule has 2 aromatic carbocycles. The van der Waals surface area contributed by atoms with E-state index in [1.54, 1.807) is 56.6 Å². The molecule has 11 heteroatoms. The number of carboxylic acids is 1. The van der Waals surface area contributed by atoms with Gasteiger partial charge in [-0.3, -0.25) is 0 Å². The third-order valence-corrected chi connectivity index (χ3v) is 8.56. The van der Waals surface area contributed by atoms with Crippen LogP contribution >= 0.6 is 11.3 Å². The minimum atomic E-state index is -1.40. The van der Waals surface area contributed by atoms with Crippen molar-refractivity contribution in [2.75, 3.05) is 6.61 Å². The fourth-order valence-corrected chi connectivity index (χ4v) is 6.51. The highest BCUT2D eigenvalue weighted by molar-refractivity contribution is 7.15. The number of rotatable bonds is 7. The summed E-state index contributed by atoms with van der Waals surface area (Å²) in [6.45, 7) is 9.40. The largest absolute Gasteiger partial charge is 0.490 e. The molecule has 44 heavy (non-hydrogen) atoms. The molecule has 1 aliphatic rings. The lowest BCUT2D eigenvalue weighted by molar-refractivity contribution is -0.160. The van der Waals surface area contributed by atoms with Gasteiger partial charge in [-0.2, -0.15) is 5.10 Å². The van der Waals surface area contributed by atoms with Crippen molar-refractivity contribution < 1.29 is 28.2 Å². The van der Waals surface area contributed by atoms with Crippen molar-refractivity contribution in [2.45, 2.75) is 65.6 Å². The molecule has 0 fully saturated rings. The number of hydrogen-bond acceptors (Lipinski definition) is 7. The Morgan fingerprint density at radius 2 is 1.93 bits per heavy atom. The third-order valence-electron chi connectivity index (χ3n) is 7.54. The number of nitrogens with zero attached hydrogens (tertiary/aromatic N) is 4. The van der Waals surface area contributed by atoms with Crippen LogP contribution in [0.15, 0.2) is 42.6 Å². The summed E-state index contributed by atoms with van der Waals surface area (Å²) in [6, 6.07) is 9.51. The van der Waals surface area contributed by atoms with Gasteiger partial charge in [-0.15, -0.1) is 11.3 Å². The van der Waals surface area contributed by atoms with Gasteiger partial charge < -0.3 is 14.6 Å². The van der Waals surface area contributed by atoms with Crippen LogP contribution < -0.4 is 4.74 Å². The molecule has 8 nitrogen and oxygen atoms in total. The Morgan fingerprint density at radius 3 is 2.64 bits per heavy atom. The van der Waals surface area contributed by atoms with Crippen LogP contribution in [0.25, 0.3) is 27.6 Å². The number of fused-ring (bicyclic) bond motifs is 2. The standard InChI is InChI=1S/C33H32F2N4O4S/c1-17-22-7-6-12-42-29(22)24(35)14-23(17)28-27(30(32(40)41)43-33(3,4)5)18(2)37-26-15-25(38-39(26)28)31-36-16-21(44-31)13-19-8-10-20(34)11-9-19/h8-11,14-16,30H,6-7,12-13H2,1-5H3,(H,40,41)/t30-/m0/s1. The number of aromatic nitrogens is 4. The maximum absolute atomic E-state index is 15.6. The highest BCUT2D eigenvalue weighted by atomic mass is 32.1. The zero-order valence-corrected chi connectivity index (χ0v) is 25.9. The van der Waals surface area contributed by atoms with Crippen LogP contribution in [0, 0.1) is 25.5 Å². The molecule has 0 aliphatic carbocycles. The minimum absolute atomic E-state index is 0.236. The number of thiazole rings is 1. The summed E-state index contributed by atoms with van der Waals surface area (Å²) in [5.41, 5.74) is 4.29. The second-order valence-electron chi connectivity index (χ2n) is 11.9. The van der Waals surface area contributed by atoms with Gasteiger partial charge in [0.15, 0.2) is 23.3 Å². The lowest BCUT2D eigenvalue weighted by Gasteiger charge is -2.28. The molecule has 0 saturated heterocycles. The van der Waals surface area contributed by atoms with Crippen molar-refractivity contribution in [1.82, 2.24) is 19.6 Å². The van der Waals surface area contributed by atoms with Gasteiger partial charge in [0.05, 0.1) is 17.9 Å². The molecular weight excluding hydrogens is 586 g/mol. The van der Waals surface area contributed by atoms with Crippen molar-refractivity contribution in [2.24, 2.45) is 0 Å². The average molecular weight is 619 g/mol. The summed E-state index contributed by atoms with van der Waals surface area (Å²) in [5, 5.41) is 15.9. The zero-order valence-electron chi connectivity index (χ0n) is 25.1. The number of carbonyl (C=O) groups is 1. The van der Waals surface area contributed by atoms with E-state index in [2.05, 4.69) is 4.98 Å². The molecular formula is C33H32F2N4O4S. The van der Waals surface area contributed by atoms with Crippen molar-refractivity contribution in [1.29, 1.82) is 0 Å². The highest BCUT2D eigenvalue weighted by Gasteiger charge is 2.34. The summed E-state index contributed by atoms with van der Waals surface area (Å²) in [7, 11) is 0. The zero-order chi connectivity index (χ0) is 31.3. The molecule has 4 heterocycles. The smallest absolute Gasteiger partial charge is 0.337 e. The maximum atomic E-state index is 15.6. The van der Waals surface area contributed by atoms with E-state index in [0.717, 1.165) is 28.0 Å². The Hall–Kier alpha value is -4.22. The molecule has 228 valence electrons. The van der Waals surface area contributed by atoms with E-state index in [0.29, 0.717) is 58.3 Å². The predicted molar refractivity (Wildman–Crippen MR) is 163 cm³/mol. The first-order valence-electron chi connectivity index (χ1n) is 14.3. The van der Waals surface area contributed by atoms with Gasteiger partial charge >= 0.3 is 5.97 Å². The number of carboxylic acid groups (broad SMARTS) is 1. The fourth-order valence-electron chi connectivity index (χ4n) is 5.61. The van der Waals surface area contributed by atoms with Crippen LogP contribution in [-0.2, 0) is 22.4 Å². The Morgan fingerprint density at radius 1 is 1.18 bits per heavy atom. The summed E-state index contributed by atoms with van der Waals surface area (Å²) in [5.74, 6) is -1.77. The second-order valence-corrected chi connectivity index (χ2v) is 13.0. The SMILES string of the molecule is Cc1nc2cc(-c3ncc(Cc4ccc(F)cc4)s3)nn2c(-c2cc(F)c3c(c2C)CCCO3)c1[C@H](OC(C)(C)C)C(=O)O. The van der Waals surface area contributed by atoms with Crippen molar-refractivity contribution in [3.8, 4) is 27.7 Å². The van der Waals surface area contributed by atoms with E-state index in [1.807, 2.05) is 6.92 Å². The summed E-state index contributed by atoms with van der Waals surface area (Å²) in [6.07, 6.45) is 2.33. The molecule has 0 radical (unpaired) electrons. The lowest BCUT2D eigenvalue weighted by Crippen LogP contribution is -2.29. The number of hydrogen-bond donors (Lipinski definition) is 1. The number of halogens is 2. The topological polar surface area (TPSA) is 98.8 Å². The Labute approximate surface area is 257 Å². The monoisotopic (exact) mass is 618 g/mol. The first-order valence-corrected chi connectivity index (χ1v) is 15.2. The van der Waals surface area contributed by atoms with Crippen LogP contribution in [0.5, 0.6) is 5.75 Å². The minimum Gasteiger partial charge on any atom is -0.490 e. The first kappa shape index (κ1) is 29.8. The molecule has 0 amide bonds. The Bertz CT molecular complexity index is 1890. The molecule has 0 unspecified atom stereocenters. The van der Waals surface area contributed by atoms with Gasteiger partial charge in [-0.25, -0.2) is 28.1 Å². The van der Waals surface area contributed by atoms with Crippen molar-refractivity contribution in [3.05, 3.63) is 87.1 Å². The maximum Gasteiger partial charge on any atom is 0.337 e. The molecule has 0 spiro atoms. The van der Waals surface area contributed by atoms with Crippen molar-refractivity contribution >= 4 is 23.0 Å². The first-order chi connectivity index (χ1) is 20.9. The van der Waals surface area contributed by atoms with E-state index < -0.39 is 23.5 Å². The van der Waals surface area contributed by atoms with Crippen LogP contribution in [0.3, 0.4) is 0 Å². The molecule has 5 aromatic rings.